The van der Waals surface area contributed by atoms with Gasteiger partial charge in [-0.05, 0) is 64.7 Å². The summed E-state index contributed by atoms with van der Waals surface area (Å²) >= 11 is 0. The summed E-state index contributed by atoms with van der Waals surface area (Å²) in [5, 5.41) is 5.01. The van der Waals surface area contributed by atoms with Crippen molar-refractivity contribution >= 4 is 43.6 Å². The highest BCUT2D eigenvalue weighted by molar-refractivity contribution is 6.17. The van der Waals surface area contributed by atoms with Crippen LogP contribution in [-0.2, 0) is 0 Å². The smallest absolute Gasteiger partial charge is 0.0618 e. The molecule has 0 fully saturated rings. The number of benzene rings is 8. The van der Waals surface area contributed by atoms with Crippen molar-refractivity contribution in [2.24, 2.45) is 0 Å². The number of rotatable bonds is 5. The Kier molecular flexibility index (Phi) is 6.53. The zero-order chi connectivity index (χ0) is 33.0. The molecule has 2 heteroatoms. The van der Waals surface area contributed by atoms with Gasteiger partial charge < -0.3 is 9.13 Å². The molecule has 0 aliphatic heterocycles. The number of aromatic nitrogens is 2. The van der Waals surface area contributed by atoms with Crippen LogP contribution >= 0.6 is 0 Å². The van der Waals surface area contributed by atoms with Crippen LogP contribution in [-0.4, -0.2) is 9.13 Å². The SMILES string of the molecule is c1ccc(-c2cccc(-c3ccccc3)c2-n2c3ccccc3c3cc(-c4cccc5c4c4ccccc4n5-c4ccccc4)ccc32)cc1. The average Bonchev–Trinajstić information content (AvgIpc) is 3.71. The van der Waals surface area contributed by atoms with E-state index in [0.717, 1.165) is 0 Å². The average molecular weight is 637 g/mol. The molecule has 0 aliphatic carbocycles. The minimum Gasteiger partial charge on any atom is -0.309 e. The molecule has 2 nitrogen and oxygen atoms in total. The van der Waals surface area contributed by atoms with Gasteiger partial charge in [0.2, 0.25) is 0 Å². The van der Waals surface area contributed by atoms with Crippen molar-refractivity contribution in [2.45, 2.75) is 0 Å². The maximum Gasteiger partial charge on any atom is 0.0618 e. The van der Waals surface area contributed by atoms with Crippen LogP contribution in [0.4, 0.5) is 0 Å². The lowest BCUT2D eigenvalue weighted by Gasteiger charge is -2.19. The molecule has 234 valence electrons. The number of hydrogen-bond donors (Lipinski definition) is 0. The standard InChI is InChI=1S/C48H32N2/c1-4-16-33(17-5-1)38-25-14-26-39(34-18-6-2-7-19-34)48(38)50-43-27-12-10-22-40(43)42-32-35(30-31-45(42)50)37-24-15-29-46-47(37)41-23-11-13-28-44(41)49(46)36-20-8-3-9-21-36/h1-32H. The summed E-state index contributed by atoms with van der Waals surface area (Å²) in [5.74, 6) is 0. The van der Waals surface area contributed by atoms with Gasteiger partial charge in [0.25, 0.3) is 0 Å². The Bertz CT molecular complexity index is 2780. The first kappa shape index (κ1) is 28.4. The summed E-state index contributed by atoms with van der Waals surface area (Å²) in [4.78, 5) is 0. The molecular weight excluding hydrogens is 605 g/mol. The Labute approximate surface area is 290 Å². The van der Waals surface area contributed by atoms with Crippen molar-refractivity contribution in [1.82, 2.24) is 9.13 Å². The third-order valence-electron chi connectivity index (χ3n) is 10.1. The van der Waals surface area contributed by atoms with E-state index in [9.17, 15) is 0 Å². The molecule has 0 atom stereocenters. The van der Waals surface area contributed by atoms with Gasteiger partial charge in [0.1, 0.15) is 0 Å². The van der Waals surface area contributed by atoms with Gasteiger partial charge >= 0.3 is 0 Å². The van der Waals surface area contributed by atoms with Crippen molar-refractivity contribution in [3.8, 4) is 44.8 Å². The van der Waals surface area contributed by atoms with Crippen LogP contribution in [0.15, 0.2) is 194 Å². The highest BCUT2D eigenvalue weighted by atomic mass is 15.0. The Morgan fingerprint density at radius 3 is 1.46 bits per heavy atom. The van der Waals surface area contributed by atoms with Crippen molar-refractivity contribution in [3.05, 3.63) is 194 Å². The van der Waals surface area contributed by atoms with Gasteiger partial charge in [-0.1, -0.05) is 152 Å². The van der Waals surface area contributed by atoms with Crippen LogP contribution < -0.4 is 0 Å². The van der Waals surface area contributed by atoms with Crippen molar-refractivity contribution < 1.29 is 0 Å². The fraction of sp³-hybridized carbons (Fsp3) is 0. The van der Waals surface area contributed by atoms with Gasteiger partial charge in [-0.2, -0.15) is 0 Å². The van der Waals surface area contributed by atoms with E-state index in [0.29, 0.717) is 0 Å². The molecule has 0 aliphatic rings. The molecular formula is C48H32N2. The van der Waals surface area contributed by atoms with E-state index < -0.39 is 0 Å². The normalized spacial score (nSPS) is 11.6. The van der Waals surface area contributed by atoms with Gasteiger partial charge in [-0.15, -0.1) is 0 Å². The summed E-state index contributed by atoms with van der Waals surface area (Å²) in [6.07, 6.45) is 0. The zero-order valence-electron chi connectivity index (χ0n) is 27.4. The van der Waals surface area contributed by atoms with Crippen molar-refractivity contribution in [3.63, 3.8) is 0 Å². The van der Waals surface area contributed by atoms with Crippen LogP contribution in [0.2, 0.25) is 0 Å². The van der Waals surface area contributed by atoms with Crippen molar-refractivity contribution in [2.75, 3.05) is 0 Å². The maximum atomic E-state index is 2.49. The second kappa shape index (κ2) is 11.5. The zero-order valence-corrected chi connectivity index (χ0v) is 27.4. The largest absolute Gasteiger partial charge is 0.309 e. The molecule has 10 rings (SSSR count). The fourth-order valence-corrected chi connectivity index (χ4v) is 7.98. The minimum absolute atomic E-state index is 1.17. The predicted molar refractivity (Wildman–Crippen MR) is 211 cm³/mol. The van der Waals surface area contributed by atoms with Crippen LogP contribution in [0.25, 0.3) is 88.4 Å². The summed E-state index contributed by atoms with van der Waals surface area (Å²) in [5.41, 5.74) is 14.4. The Morgan fingerprint density at radius 1 is 0.280 bits per heavy atom. The summed E-state index contributed by atoms with van der Waals surface area (Å²) in [7, 11) is 0. The van der Waals surface area contributed by atoms with Gasteiger partial charge in [0, 0.05) is 38.4 Å². The number of para-hydroxylation sites is 4. The number of hydrogen-bond acceptors (Lipinski definition) is 0. The predicted octanol–water partition coefficient (Wildman–Crippen LogP) is 12.9. The Balaban J connectivity index is 1.27. The molecule has 0 bridgehead atoms. The molecule has 2 heterocycles. The lowest BCUT2D eigenvalue weighted by atomic mass is 9.95. The first-order valence-corrected chi connectivity index (χ1v) is 17.2. The molecule has 50 heavy (non-hydrogen) atoms. The van der Waals surface area contributed by atoms with Crippen LogP contribution in [0, 0.1) is 0 Å². The number of nitrogens with zero attached hydrogens (tertiary/aromatic N) is 2. The highest BCUT2D eigenvalue weighted by Gasteiger charge is 2.21. The Morgan fingerprint density at radius 2 is 0.780 bits per heavy atom. The quantitative estimate of drug-likeness (QED) is 0.178. The van der Waals surface area contributed by atoms with E-state index in [-0.39, 0.29) is 0 Å². The van der Waals surface area contributed by atoms with Gasteiger partial charge in [-0.25, -0.2) is 0 Å². The lowest BCUT2D eigenvalue weighted by molar-refractivity contribution is 1.18. The van der Waals surface area contributed by atoms with Gasteiger partial charge in [-0.3, -0.25) is 0 Å². The highest BCUT2D eigenvalue weighted by Crippen LogP contribution is 2.44. The molecule has 0 saturated carbocycles. The molecule has 10 aromatic rings. The fourth-order valence-electron chi connectivity index (χ4n) is 7.98. The van der Waals surface area contributed by atoms with Crippen LogP contribution in [0.3, 0.4) is 0 Å². The summed E-state index contributed by atoms with van der Waals surface area (Å²) in [6.45, 7) is 0. The molecule has 0 amide bonds. The van der Waals surface area contributed by atoms with E-state index in [1.165, 1.54) is 88.4 Å². The molecule has 0 saturated heterocycles. The van der Waals surface area contributed by atoms with Crippen LogP contribution in [0.5, 0.6) is 0 Å². The minimum atomic E-state index is 1.17. The van der Waals surface area contributed by atoms with Crippen LogP contribution in [0.1, 0.15) is 0 Å². The second-order valence-electron chi connectivity index (χ2n) is 12.9. The van der Waals surface area contributed by atoms with Gasteiger partial charge in [0.15, 0.2) is 0 Å². The Hall–Kier alpha value is -6.64. The maximum absolute atomic E-state index is 2.49. The summed E-state index contributed by atoms with van der Waals surface area (Å²) < 4.78 is 4.88. The third-order valence-corrected chi connectivity index (χ3v) is 10.1. The molecule has 0 spiro atoms. The second-order valence-corrected chi connectivity index (χ2v) is 12.9. The monoisotopic (exact) mass is 636 g/mol. The molecule has 0 N–H and O–H groups in total. The van der Waals surface area contributed by atoms with Crippen molar-refractivity contribution in [1.29, 1.82) is 0 Å². The van der Waals surface area contributed by atoms with E-state index >= 15 is 0 Å². The van der Waals surface area contributed by atoms with E-state index in [2.05, 4.69) is 203 Å². The van der Waals surface area contributed by atoms with Gasteiger partial charge in [0.05, 0.1) is 27.8 Å². The summed E-state index contributed by atoms with van der Waals surface area (Å²) in [6, 6.07) is 70.4. The number of fused-ring (bicyclic) bond motifs is 6. The lowest BCUT2D eigenvalue weighted by Crippen LogP contribution is -2.00. The first-order chi connectivity index (χ1) is 24.8. The molecule has 0 unspecified atom stereocenters. The third kappa shape index (κ3) is 4.36. The molecule has 8 aromatic carbocycles. The van der Waals surface area contributed by atoms with E-state index in [4.69, 9.17) is 0 Å². The van der Waals surface area contributed by atoms with E-state index in [1.54, 1.807) is 0 Å². The topological polar surface area (TPSA) is 9.86 Å². The first-order valence-electron chi connectivity index (χ1n) is 17.2. The van der Waals surface area contributed by atoms with E-state index in [1.807, 2.05) is 0 Å². The molecule has 0 radical (unpaired) electrons. The molecule has 2 aromatic heterocycles.